The topological polar surface area (TPSA) is 95.2 Å². The molecular formula is C16H14N4OS. The van der Waals surface area contributed by atoms with E-state index >= 15 is 0 Å². The van der Waals surface area contributed by atoms with Crippen LogP contribution in [0.1, 0.15) is 17.0 Å². The molecule has 2 heterocycles. The first-order valence-electron chi connectivity index (χ1n) is 7.11. The first kappa shape index (κ1) is 13.6. The summed E-state index contributed by atoms with van der Waals surface area (Å²) >= 11 is 1.48. The molecular weight excluding hydrogens is 296 g/mol. The third-order valence-corrected chi connectivity index (χ3v) is 6.27. The van der Waals surface area contributed by atoms with E-state index in [4.69, 9.17) is 10.5 Å². The molecule has 110 valence electrons. The van der Waals surface area contributed by atoms with Crippen molar-refractivity contribution in [2.75, 3.05) is 12.4 Å². The lowest BCUT2D eigenvalue weighted by Crippen LogP contribution is -2.34. The minimum absolute atomic E-state index is 0.234. The predicted octanol–water partition coefficient (Wildman–Crippen LogP) is 1.90. The highest BCUT2D eigenvalue weighted by atomic mass is 32.2. The maximum Gasteiger partial charge on any atom is 0.230 e. The van der Waals surface area contributed by atoms with Crippen LogP contribution in [0.25, 0.3) is 0 Å². The van der Waals surface area contributed by atoms with Gasteiger partial charge in [0.1, 0.15) is 11.3 Å². The maximum absolute atomic E-state index is 9.98. The summed E-state index contributed by atoms with van der Waals surface area (Å²) in [6.07, 6.45) is 0. The quantitative estimate of drug-likeness (QED) is 0.854. The lowest BCUT2D eigenvalue weighted by Gasteiger charge is -2.26. The van der Waals surface area contributed by atoms with Crippen LogP contribution < -0.4 is 5.73 Å². The fourth-order valence-electron chi connectivity index (χ4n) is 4.07. The minimum atomic E-state index is -1.08. The second-order valence-corrected chi connectivity index (χ2v) is 7.21. The van der Waals surface area contributed by atoms with Crippen molar-refractivity contribution >= 4 is 17.6 Å². The van der Waals surface area contributed by atoms with Gasteiger partial charge in [0.25, 0.3) is 0 Å². The van der Waals surface area contributed by atoms with Gasteiger partial charge in [-0.3, -0.25) is 0 Å². The van der Waals surface area contributed by atoms with Crippen molar-refractivity contribution in [1.82, 2.24) is 0 Å². The number of nitrogens with zero attached hydrogens (tertiary/aromatic N) is 3. The van der Waals surface area contributed by atoms with Gasteiger partial charge in [-0.05, 0) is 12.5 Å². The number of thioether (sulfide) groups is 1. The van der Waals surface area contributed by atoms with Crippen LogP contribution in [0.3, 0.4) is 0 Å². The van der Waals surface area contributed by atoms with E-state index in [-0.39, 0.29) is 11.8 Å². The second-order valence-electron chi connectivity index (χ2n) is 5.96. The highest BCUT2D eigenvalue weighted by Crippen LogP contribution is 2.84. The van der Waals surface area contributed by atoms with Crippen molar-refractivity contribution < 1.29 is 4.74 Å². The summed E-state index contributed by atoms with van der Waals surface area (Å²) in [5.41, 5.74) is 6.07. The lowest BCUT2D eigenvalue weighted by molar-refractivity contribution is 0.0200. The number of hydrogen-bond donors (Lipinski definition) is 1. The molecule has 22 heavy (non-hydrogen) atoms. The van der Waals surface area contributed by atoms with Crippen LogP contribution in [-0.4, -0.2) is 23.3 Å². The van der Waals surface area contributed by atoms with Gasteiger partial charge in [0.05, 0.1) is 18.7 Å². The van der Waals surface area contributed by atoms with E-state index in [0.29, 0.717) is 6.61 Å². The van der Waals surface area contributed by atoms with E-state index in [2.05, 4.69) is 17.1 Å². The molecule has 2 aliphatic heterocycles. The fourth-order valence-corrected chi connectivity index (χ4v) is 5.39. The van der Waals surface area contributed by atoms with Gasteiger partial charge < -0.3 is 10.5 Å². The molecule has 2 fully saturated rings. The zero-order valence-electron chi connectivity index (χ0n) is 12.0. The van der Waals surface area contributed by atoms with E-state index in [0.717, 1.165) is 16.9 Å². The van der Waals surface area contributed by atoms with Crippen molar-refractivity contribution in [1.29, 1.82) is 10.5 Å². The zero-order chi connectivity index (χ0) is 15.6. The zero-order valence-corrected chi connectivity index (χ0v) is 12.9. The molecule has 1 aliphatic carbocycles. The van der Waals surface area contributed by atoms with E-state index < -0.39 is 15.9 Å². The van der Waals surface area contributed by atoms with Crippen molar-refractivity contribution in [3.05, 3.63) is 35.4 Å². The van der Waals surface area contributed by atoms with Crippen molar-refractivity contribution in [3.8, 4) is 12.1 Å². The number of rotatable bonds is 1. The Morgan fingerprint density at radius 2 is 2.23 bits per heavy atom. The minimum Gasteiger partial charge on any atom is -0.386 e. The Bertz CT molecular complexity index is 786. The molecule has 1 saturated carbocycles. The predicted molar refractivity (Wildman–Crippen MR) is 82.8 cm³/mol. The number of hydrogen-bond acceptors (Lipinski definition) is 6. The molecule has 5 nitrogen and oxygen atoms in total. The van der Waals surface area contributed by atoms with Crippen molar-refractivity contribution in [2.24, 2.45) is 21.6 Å². The molecule has 1 aromatic carbocycles. The summed E-state index contributed by atoms with van der Waals surface area (Å²) < 4.78 is 5.85. The Morgan fingerprint density at radius 1 is 1.41 bits per heavy atom. The lowest BCUT2D eigenvalue weighted by atomic mass is 9.95. The average molecular weight is 310 g/mol. The normalized spacial score (nSPS) is 41.6. The Kier molecular flexibility index (Phi) is 2.50. The molecule has 4 rings (SSSR count). The largest absolute Gasteiger partial charge is 0.386 e. The van der Waals surface area contributed by atoms with Gasteiger partial charge in [0, 0.05) is 11.7 Å². The number of ether oxygens (including phenoxy) is 1. The summed E-state index contributed by atoms with van der Waals surface area (Å²) in [5.74, 6) is 0.692. The van der Waals surface area contributed by atoms with Gasteiger partial charge >= 0.3 is 0 Å². The van der Waals surface area contributed by atoms with E-state index in [1.807, 2.05) is 31.2 Å². The standard InChI is InChI=1S/C16H14N4OS/c1-10-3-2-4-11(7-10)12-14(8-17)13(19)20-16(15(12,14)9-18)21-5-6-22-16/h2-4,7,12H,5-6H2,1H3,(H2,19,20)/t12-,14+,15+,16+/m0/s1. The molecule has 1 saturated heterocycles. The second kappa shape index (κ2) is 4.04. The Hall–Kier alpha value is -2.02. The smallest absolute Gasteiger partial charge is 0.230 e. The fraction of sp³-hybridized carbons (Fsp3) is 0.438. The van der Waals surface area contributed by atoms with Gasteiger partial charge in [0.15, 0.2) is 5.41 Å². The number of nitrogens with two attached hydrogens (primary N) is 1. The number of fused-ring (bicyclic) bond motifs is 2. The molecule has 0 aromatic heterocycles. The molecule has 1 aromatic rings. The highest BCUT2D eigenvalue weighted by molar-refractivity contribution is 8.00. The number of amidine groups is 1. The van der Waals surface area contributed by atoms with Crippen LogP contribution in [0, 0.1) is 40.4 Å². The molecule has 1 spiro atoms. The van der Waals surface area contributed by atoms with Crippen LogP contribution in [-0.2, 0) is 4.74 Å². The van der Waals surface area contributed by atoms with Gasteiger partial charge in [-0.1, -0.05) is 41.6 Å². The summed E-state index contributed by atoms with van der Waals surface area (Å²) in [5, 5.41) is 18.8. The molecule has 0 bridgehead atoms. The van der Waals surface area contributed by atoms with Crippen molar-refractivity contribution in [3.63, 3.8) is 0 Å². The molecule has 6 heteroatoms. The van der Waals surface area contributed by atoms with E-state index in [1.165, 1.54) is 11.8 Å². The molecule has 0 unspecified atom stereocenters. The highest BCUT2D eigenvalue weighted by Gasteiger charge is 2.93. The molecule has 0 radical (unpaired) electrons. The number of aryl methyl sites for hydroxylation is 1. The van der Waals surface area contributed by atoms with E-state index in [1.54, 1.807) is 0 Å². The van der Waals surface area contributed by atoms with Crippen LogP contribution in [0.2, 0.25) is 0 Å². The molecule has 2 N–H and O–H groups in total. The van der Waals surface area contributed by atoms with Crippen LogP contribution >= 0.6 is 11.8 Å². The van der Waals surface area contributed by atoms with Gasteiger partial charge in [-0.15, -0.1) is 0 Å². The Balaban J connectivity index is 1.94. The average Bonchev–Trinajstić information content (AvgIpc) is 2.77. The number of nitriles is 2. The summed E-state index contributed by atoms with van der Waals surface area (Å²) in [7, 11) is 0. The maximum atomic E-state index is 9.98. The number of aliphatic imine (C=N–C) groups is 1. The van der Waals surface area contributed by atoms with Crippen LogP contribution in [0.5, 0.6) is 0 Å². The van der Waals surface area contributed by atoms with E-state index in [9.17, 15) is 10.5 Å². The third kappa shape index (κ3) is 1.19. The SMILES string of the molecule is Cc1cccc([C@@H]2[C@@]3(C#N)[C@@]4(N=C(N)[C@@]23C#N)OCCS4)c1. The first-order valence-corrected chi connectivity index (χ1v) is 8.09. The van der Waals surface area contributed by atoms with Gasteiger partial charge in [-0.25, -0.2) is 4.99 Å². The van der Waals surface area contributed by atoms with Crippen LogP contribution in [0.4, 0.5) is 0 Å². The molecule has 4 atom stereocenters. The molecule has 3 aliphatic rings. The Morgan fingerprint density at radius 3 is 2.82 bits per heavy atom. The van der Waals surface area contributed by atoms with Crippen molar-refractivity contribution in [2.45, 2.75) is 17.9 Å². The number of benzene rings is 1. The monoisotopic (exact) mass is 310 g/mol. The third-order valence-electron chi connectivity index (χ3n) is 4.98. The Labute approximate surface area is 132 Å². The summed E-state index contributed by atoms with van der Waals surface area (Å²) in [6.45, 7) is 2.51. The van der Waals surface area contributed by atoms with Crippen LogP contribution in [0.15, 0.2) is 29.3 Å². The first-order chi connectivity index (χ1) is 10.6. The molecule has 0 amide bonds. The van der Waals surface area contributed by atoms with Gasteiger partial charge in [0.2, 0.25) is 5.06 Å². The summed E-state index contributed by atoms with van der Waals surface area (Å²) in [6, 6.07) is 12.6. The summed E-state index contributed by atoms with van der Waals surface area (Å²) in [4.78, 5) is 4.42. The van der Waals surface area contributed by atoms with Gasteiger partial charge in [-0.2, -0.15) is 10.5 Å².